The lowest BCUT2D eigenvalue weighted by molar-refractivity contribution is 0.0866. The predicted octanol–water partition coefficient (Wildman–Crippen LogP) is 5.95. The van der Waals surface area contributed by atoms with Gasteiger partial charge in [-0.3, -0.25) is 9.89 Å². The summed E-state index contributed by atoms with van der Waals surface area (Å²) >= 11 is 18.8. The zero-order valence-corrected chi connectivity index (χ0v) is 24.9. The maximum absolute atomic E-state index is 14.3. The smallest absolute Gasteiger partial charge is 0.272 e. The summed E-state index contributed by atoms with van der Waals surface area (Å²) in [6.07, 6.45) is 6.51. The first-order valence-corrected chi connectivity index (χ1v) is 16.0. The van der Waals surface area contributed by atoms with E-state index >= 15 is 0 Å². The van der Waals surface area contributed by atoms with Gasteiger partial charge in [0.25, 0.3) is 16.1 Å². The minimum absolute atomic E-state index is 0.0969. The number of nitrogens with one attached hydrogen (secondary N) is 3. The van der Waals surface area contributed by atoms with Crippen molar-refractivity contribution in [2.45, 2.75) is 57.5 Å². The molecule has 0 bridgehead atoms. The van der Waals surface area contributed by atoms with Crippen molar-refractivity contribution in [3.05, 3.63) is 68.8 Å². The maximum Gasteiger partial charge on any atom is 0.291 e. The first kappa shape index (κ1) is 29.3. The summed E-state index contributed by atoms with van der Waals surface area (Å²) in [7, 11) is -3.83. The van der Waals surface area contributed by atoms with E-state index in [2.05, 4.69) is 19.6 Å². The van der Waals surface area contributed by atoms with E-state index in [1.807, 2.05) is 5.01 Å². The molecule has 2 heterocycles. The Hall–Kier alpha value is -2.18. The van der Waals surface area contributed by atoms with Gasteiger partial charge in [-0.15, -0.1) is 0 Å². The molecule has 0 atom stereocenters. The second-order valence-electron chi connectivity index (χ2n) is 10.1. The summed E-state index contributed by atoms with van der Waals surface area (Å²) in [5.41, 5.74) is 2.19. The van der Waals surface area contributed by atoms with Gasteiger partial charge in [-0.1, -0.05) is 66.2 Å². The number of hydrogen-bond acceptors (Lipinski definition) is 5. The van der Waals surface area contributed by atoms with Crippen LogP contribution < -0.4 is 14.5 Å². The number of aromatic nitrogens is 2. The van der Waals surface area contributed by atoms with Gasteiger partial charge in [0.05, 0.1) is 16.4 Å². The molecule has 2 aliphatic rings. The fourth-order valence-corrected chi connectivity index (χ4v) is 6.97. The highest BCUT2D eigenvalue weighted by Crippen LogP contribution is 2.34. The quantitative estimate of drug-likeness (QED) is 0.272. The van der Waals surface area contributed by atoms with Crippen LogP contribution in [0.15, 0.2) is 42.5 Å². The summed E-state index contributed by atoms with van der Waals surface area (Å²) in [5.74, 6) is -0.406. The van der Waals surface area contributed by atoms with Crippen LogP contribution in [0.5, 0.6) is 0 Å². The first-order chi connectivity index (χ1) is 19.2. The standard InChI is InChI=1S/C27H31Cl3N6O3S/c28-19-10-8-18(9-11-19)25-22(17-31-40(38,39)34-21-6-2-3-7-21)26(33-32-25)27(37)36(35-14-4-1-5-15-35)24-13-12-20(29)16-23(24)30/h8-13,16,21,31,34H,1-7,14-15,17H2,(H,32,33). The van der Waals surface area contributed by atoms with E-state index in [-0.39, 0.29) is 18.3 Å². The number of carbonyl (C=O) groups excluding carboxylic acids is 1. The summed E-state index contributed by atoms with van der Waals surface area (Å²) in [5, 5.41) is 12.2. The lowest BCUT2D eigenvalue weighted by Gasteiger charge is -2.37. The number of rotatable bonds is 9. The fourth-order valence-electron chi connectivity index (χ4n) is 5.26. The molecule has 1 amide bonds. The molecule has 1 aliphatic carbocycles. The van der Waals surface area contributed by atoms with Crippen LogP contribution in [0.2, 0.25) is 15.1 Å². The van der Waals surface area contributed by atoms with Crippen LogP contribution >= 0.6 is 34.8 Å². The van der Waals surface area contributed by atoms with E-state index in [1.165, 1.54) is 0 Å². The summed E-state index contributed by atoms with van der Waals surface area (Å²) < 4.78 is 31.2. The number of nitrogens with zero attached hydrogens (tertiary/aromatic N) is 3. The Kier molecular flexibility index (Phi) is 9.36. The molecule has 5 rings (SSSR count). The Morgan fingerprint density at radius 3 is 2.33 bits per heavy atom. The number of carbonyl (C=O) groups is 1. The van der Waals surface area contributed by atoms with Gasteiger partial charge in [-0.2, -0.15) is 23.0 Å². The van der Waals surface area contributed by atoms with Crippen LogP contribution in [0.4, 0.5) is 5.69 Å². The third-order valence-corrected chi connectivity index (χ3v) is 9.22. The van der Waals surface area contributed by atoms with E-state index in [9.17, 15) is 13.2 Å². The molecule has 0 radical (unpaired) electrons. The van der Waals surface area contributed by atoms with E-state index in [0.717, 1.165) is 44.9 Å². The van der Waals surface area contributed by atoms with Gasteiger partial charge in [-0.25, -0.2) is 10.0 Å². The SMILES string of the molecule is O=C(c1[nH]nc(-c2ccc(Cl)cc2)c1CNS(=O)(=O)NC1CCCC1)N(c1ccc(Cl)cc1Cl)N1CCCCC1. The molecule has 2 aromatic carbocycles. The van der Waals surface area contributed by atoms with Gasteiger partial charge < -0.3 is 0 Å². The van der Waals surface area contributed by atoms with Gasteiger partial charge in [0, 0.05) is 46.8 Å². The predicted molar refractivity (Wildman–Crippen MR) is 159 cm³/mol. The van der Waals surface area contributed by atoms with Crippen molar-refractivity contribution in [2.24, 2.45) is 0 Å². The molecule has 9 nitrogen and oxygen atoms in total. The molecule has 214 valence electrons. The van der Waals surface area contributed by atoms with E-state index in [4.69, 9.17) is 34.8 Å². The fraction of sp³-hybridized carbons (Fsp3) is 0.407. The van der Waals surface area contributed by atoms with E-state index in [1.54, 1.807) is 47.5 Å². The Bertz CT molecular complexity index is 1450. The third kappa shape index (κ3) is 6.82. The largest absolute Gasteiger partial charge is 0.291 e. The number of H-pyrrole nitrogens is 1. The highest BCUT2D eigenvalue weighted by Gasteiger charge is 2.32. The topological polar surface area (TPSA) is 110 Å². The van der Waals surface area contributed by atoms with Crippen molar-refractivity contribution in [1.82, 2.24) is 24.7 Å². The molecule has 1 saturated carbocycles. The average molecular weight is 626 g/mol. The molecule has 1 aliphatic heterocycles. The minimum atomic E-state index is -3.83. The lowest BCUT2D eigenvalue weighted by Crippen LogP contribution is -2.50. The van der Waals surface area contributed by atoms with Crippen LogP contribution in [0.1, 0.15) is 61.0 Å². The maximum atomic E-state index is 14.3. The molecule has 0 spiro atoms. The Labute approximate surface area is 249 Å². The molecule has 0 unspecified atom stereocenters. The number of hydrogen-bond donors (Lipinski definition) is 3. The van der Waals surface area contributed by atoms with Crippen molar-refractivity contribution in [3.63, 3.8) is 0 Å². The number of halogens is 3. The van der Waals surface area contributed by atoms with Crippen molar-refractivity contribution in [2.75, 3.05) is 18.1 Å². The highest BCUT2D eigenvalue weighted by atomic mass is 35.5. The van der Waals surface area contributed by atoms with Gasteiger partial charge in [0.1, 0.15) is 5.69 Å². The molecular weight excluding hydrogens is 595 g/mol. The lowest BCUT2D eigenvalue weighted by atomic mass is 10.1. The number of benzene rings is 2. The number of anilines is 1. The van der Waals surface area contributed by atoms with Crippen molar-refractivity contribution >= 4 is 56.6 Å². The second kappa shape index (κ2) is 12.8. The monoisotopic (exact) mass is 624 g/mol. The Morgan fingerprint density at radius 1 is 0.975 bits per heavy atom. The van der Waals surface area contributed by atoms with E-state index < -0.39 is 16.1 Å². The number of amides is 1. The number of hydrazine groups is 1. The molecule has 1 aromatic heterocycles. The number of piperidine rings is 1. The summed E-state index contributed by atoms with van der Waals surface area (Å²) in [6.45, 7) is 1.17. The van der Waals surface area contributed by atoms with Gasteiger partial charge in [-0.05, 0) is 56.0 Å². The molecule has 3 aromatic rings. The second-order valence-corrected chi connectivity index (χ2v) is 12.9. The Morgan fingerprint density at radius 2 is 1.65 bits per heavy atom. The zero-order chi connectivity index (χ0) is 28.3. The molecule has 13 heteroatoms. The number of aromatic amines is 1. The third-order valence-electron chi connectivity index (χ3n) is 7.26. The van der Waals surface area contributed by atoms with Crippen molar-refractivity contribution < 1.29 is 13.2 Å². The van der Waals surface area contributed by atoms with Crippen molar-refractivity contribution in [3.8, 4) is 11.3 Å². The van der Waals surface area contributed by atoms with Crippen LogP contribution in [0.3, 0.4) is 0 Å². The molecular formula is C27H31Cl3N6O3S. The average Bonchev–Trinajstić information content (AvgIpc) is 3.59. The van der Waals surface area contributed by atoms with Crippen LogP contribution in [-0.2, 0) is 16.8 Å². The molecule has 2 fully saturated rings. The van der Waals surface area contributed by atoms with E-state index in [0.29, 0.717) is 50.7 Å². The van der Waals surface area contributed by atoms with Crippen LogP contribution in [0.25, 0.3) is 11.3 Å². The first-order valence-electron chi connectivity index (χ1n) is 13.4. The summed E-state index contributed by atoms with van der Waals surface area (Å²) in [6, 6.07) is 11.9. The van der Waals surface area contributed by atoms with Gasteiger partial charge in [0.15, 0.2) is 0 Å². The van der Waals surface area contributed by atoms with Crippen LogP contribution in [0, 0.1) is 0 Å². The Balaban J connectivity index is 1.53. The zero-order valence-electron chi connectivity index (χ0n) is 21.8. The van der Waals surface area contributed by atoms with Gasteiger partial charge >= 0.3 is 0 Å². The molecule has 40 heavy (non-hydrogen) atoms. The molecule has 1 saturated heterocycles. The van der Waals surface area contributed by atoms with Gasteiger partial charge in [0.2, 0.25) is 0 Å². The molecule has 3 N–H and O–H groups in total. The normalized spacial score (nSPS) is 16.9. The summed E-state index contributed by atoms with van der Waals surface area (Å²) in [4.78, 5) is 14.3. The van der Waals surface area contributed by atoms with Crippen LogP contribution in [-0.4, -0.2) is 48.7 Å². The van der Waals surface area contributed by atoms with Crippen molar-refractivity contribution in [1.29, 1.82) is 0 Å². The highest BCUT2D eigenvalue weighted by molar-refractivity contribution is 7.87. The minimum Gasteiger partial charge on any atom is -0.272 e.